The first-order chi connectivity index (χ1) is 46.9. The minimum absolute atomic E-state index is 0.0444. The molecule has 0 bridgehead atoms. The number of ether oxygens (including phenoxy) is 10. The van der Waals surface area contributed by atoms with Crippen LogP contribution in [-0.2, 0) is 43.3 Å². The maximum atomic E-state index is 17.6. The van der Waals surface area contributed by atoms with Crippen LogP contribution in [-0.4, -0.2) is 41.0 Å². The van der Waals surface area contributed by atoms with Gasteiger partial charge in [0.2, 0.25) is 11.5 Å². The summed E-state index contributed by atoms with van der Waals surface area (Å²) in [5.74, 6) is 1.12. The lowest BCUT2D eigenvalue weighted by molar-refractivity contribution is -0.288. The van der Waals surface area contributed by atoms with E-state index in [9.17, 15) is 0 Å². The fourth-order valence-electron chi connectivity index (χ4n) is 13.5. The number of hydrogen-bond acceptors (Lipinski definition) is 10. The van der Waals surface area contributed by atoms with E-state index in [0.29, 0.717) is 45.1 Å². The Morgan fingerprint density at radius 1 is 0.284 bits per heavy atom. The van der Waals surface area contributed by atoms with Gasteiger partial charge in [-0.3, -0.25) is 0 Å². The Balaban J connectivity index is 1.59. The molecule has 2 aliphatic rings. The number of halogens is 4. The van der Waals surface area contributed by atoms with Crippen molar-refractivity contribution in [1.29, 1.82) is 0 Å². The summed E-state index contributed by atoms with van der Waals surface area (Å²) in [6.45, 7) is 51.1. The van der Waals surface area contributed by atoms with Gasteiger partial charge < -0.3 is 47.4 Å². The number of benzene rings is 8. The second-order valence-corrected chi connectivity index (χ2v) is 39.4. The number of rotatable bonds is 15. The Morgan fingerprint density at radius 2 is 0.480 bits per heavy atom. The molecule has 8 aromatic carbocycles. The summed E-state index contributed by atoms with van der Waals surface area (Å²) in [7, 11) is 2.25. The van der Waals surface area contributed by atoms with Crippen LogP contribution in [0.4, 0.5) is 17.6 Å². The van der Waals surface area contributed by atoms with Crippen molar-refractivity contribution in [2.45, 2.75) is 222 Å². The van der Waals surface area contributed by atoms with Gasteiger partial charge in [0.05, 0.1) is 28.4 Å². The van der Waals surface area contributed by atoms with Crippen molar-refractivity contribution >= 4 is 47.7 Å². The molecule has 0 N–H and O–H groups in total. The predicted molar refractivity (Wildman–Crippen MR) is 411 cm³/mol. The number of alkyl halides is 4. The molecule has 0 aromatic heterocycles. The van der Waals surface area contributed by atoms with Gasteiger partial charge >= 0.3 is 12.6 Å². The molecule has 0 atom stereocenters. The summed E-state index contributed by atoms with van der Waals surface area (Å²) >= 11 is 0. The van der Waals surface area contributed by atoms with Gasteiger partial charge in [-0.1, -0.05) is 203 Å². The molecule has 0 saturated heterocycles. The van der Waals surface area contributed by atoms with Crippen LogP contribution < -0.4 is 79.2 Å². The third kappa shape index (κ3) is 15.3. The molecule has 0 unspecified atom stereocenters. The van der Waals surface area contributed by atoms with E-state index in [1.807, 2.05) is 12.1 Å². The number of fused-ring (bicyclic) bond motifs is 2. The Morgan fingerprint density at radius 3 is 0.667 bits per heavy atom. The molecular formula is C86H104F4O10P2. The Kier molecular flexibility index (Phi) is 20.2. The smallest absolute Gasteiger partial charge is 0.496 e. The molecule has 546 valence electrons. The normalized spacial score (nSPS) is 14.7. The van der Waals surface area contributed by atoms with Crippen LogP contribution in [0.25, 0.3) is 11.1 Å². The van der Waals surface area contributed by atoms with Crippen molar-refractivity contribution in [2.24, 2.45) is 0 Å². The maximum Gasteiger partial charge on any atom is 0.586 e. The van der Waals surface area contributed by atoms with Gasteiger partial charge in [0.15, 0.2) is 23.0 Å². The van der Waals surface area contributed by atoms with Crippen molar-refractivity contribution in [3.63, 3.8) is 0 Å². The minimum Gasteiger partial charge on any atom is -0.496 e. The van der Waals surface area contributed by atoms with E-state index >= 15 is 17.6 Å². The van der Waals surface area contributed by atoms with Gasteiger partial charge in [-0.25, -0.2) is 0 Å². The molecule has 2 aliphatic heterocycles. The lowest BCUT2D eigenvalue weighted by atomic mass is 9.79. The van der Waals surface area contributed by atoms with Gasteiger partial charge in [-0.05, 0) is 165 Å². The van der Waals surface area contributed by atoms with Gasteiger partial charge in [0.25, 0.3) is 0 Å². The monoisotopic (exact) mass is 1430 g/mol. The van der Waals surface area contributed by atoms with E-state index in [0.717, 1.165) is 65.7 Å². The average molecular weight is 1440 g/mol. The lowest BCUT2D eigenvalue weighted by Gasteiger charge is -2.35. The molecule has 10 rings (SSSR count). The number of para-hydroxylation sites is 2. The summed E-state index contributed by atoms with van der Waals surface area (Å²) in [5, 5.41) is 3.73. The molecule has 16 heteroatoms. The molecule has 10 nitrogen and oxygen atoms in total. The highest BCUT2D eigenvalue weighted by Gasteiger charge is 2.53. The van der Waals surface area contributed by atoms with Crippen LogP contribution in [0.15, 0.2) is 121 Å². The first kappa shape index (κ1) is 77.0. The van der Waals surface area contributed by atoms with Crippen LogP contribution in [0.1, 0.15) is 211 Å². The molecule has 0 spiro atoms. The summed E-state index contributed by atoms with van der Waals surface area (Å²) in [5.41, 5.74) is 2.28. The zero-order valence-electron chi connectivity index (χ0n) is 65.0. The fraction of sp³-hybridized carbons (Fsp3) is 0.442. The molecular weight excluding hydrogens is 1330 g/mol. The second-order valence-electron chi connectivity index (χ2n) is 35.0. The van der Waals surface area contributed by atoms with Crippen LogP contribution >= 0.6 is 15.8 Å². The Labute approximate surface area is 605 Å². The van der Waals surface area contributed by atoms with Crippen LogP contribution in [0.3, 0.4) is 0 Å². The second kappa shape index (κ2) is 26.8. The average Bonchev–Trinajstić information content (AvgIpc) is 1.38. The first-order valence-corrected chi connectivity index (χ1v) is 37.5. The van der Waals surface area contributed by atoms with Crippen molar-refractivity contribution in [3.8, 4) is 80.1 Å². The fourth-order valence-corrected chi connectivity index (χ4v) is 18.6. The third-order valence-electron chi connectivity index (χ3n) is 18.5. The van der Waals surface area contributed by atoms with Gasteiger partial charge in [0, 0.05) is 66.2 Å². The molecule has 102 heavy (non-hydrogen) atoms. The lowest BCUT2D eigenvalue weighted by Crippen LogP contribution is -2.32. The van der Waals surface area contributed by atoms with E-state index < -0.39 is 94.8 Å². The highest BCUT2D eigenvalue weighted by atomic mass is 31.1. The zero-order chi connectivity index (χ0) is 75.5. The molecule has 2 heterocycles. The summed E-state index contributed by atoms with van der Waals surface area (Å²) in [6, 6.07) is 38.3. The minimum atomic E-state index is -4.37. The topological polar surface area (TPSA) is 92.3 Å². The van der Waals surface area contributed by atoms with E-state index in [-0.39, 0.29) is 22.6 Å². The molecule has 0 saturated carbocycles. The SMILES string of the molecule is COc1c(C(C)(C)C)cc(P(c2cc(C(C)(C)C)c(OC)c(C(C)(C)C)c2)c2cc(Oc3ccccc3)c3c(c2-c2c(P(c4cc(C(C)(C)C)c(OC)c(C(C)(C)C)c4)c4cc(C(C)(C)C)c(OC)c(C(C)(C)C)c4)cc(Oc4ccccc4)c4c2OC(F)(F)O4)OC(F)(F)O3)cc1C(C)(C)C. The Bertz CT molecular complexity index is 3900. The maximum absolute atomic E-state index is 17.6. The standard InChI is InChI=1S/C86H104F4O10P2/c1-77(2,3)55-39-51(40-56(69(55)91-25)78(4,5)6)101(52-41-57(79(7,8)9)70(92-26)58(42-52)80(10,11)12)65-47-63(95-49-35-31-29-32-36-49)73-75(99-85(87,88)97-73)67(65)68-66(48-64(96-50-37-33-30-34-38-50)74-76(68)100-86(89,90)98-74)102(53-43-59(81(13,14)15)71(93-27)60(44-53)82(16,17)18)54-45-61(83(19,20)21)72(94-28)62(46-54)84(22,23)24/h29-48H,1-28H3. The predicted octanol–water partition coefficient (Wildman–Crippen LogP) is 21.5. The van der Waals surface area contributed by atoms with Gasteiger partial charge in [-0.15, -0.1) is 17.6 Å². The zero-order valence-corrected chi connectivity index (χ0v) is 66.8. The van der Waals surface area contributed by atoms with Gasteiger partial charge in [-0.2, -0.15) is 0 Å². The molecule has 8 aromatic rings. The van der Waals surface area contributed by atoms with E-state index in [1.165, 1.54) is 0 Å². The third-order valence-corrected chi connectivity index (χ3v) is 23.3. The Hall–Kier alpha value is -7.66. The van der Waals surface area contributed by atoms with Crippen molar-refractivity contribution in [2.75, 3.05) is 28.4 Å². The highest BCUT2D eigenvalue weighted by Crippen LogP contribution is 2.63. The van der Waals surface area contributed by atoms with Crippen molar-refractivity contribution in [3.05, 3.63) is 166 Å². The summed E-state index contributed by atoms with van der Waals surface area (Å²) in [4.78, 5) is 0. The summed E-state index contributed by atoms with van der Waals surface area (Å²) in [6.07, 6.45) is -8.73. The van der Waals surface area contributed by atoms with Crippen molar-refractivity contribution in [1.82, 2.24) is 0 Å². The van der Waals surface area contributed by atoms with Crippen molar-refractivity contribution < 1.29 is 64.9 Å². The quantitative estimate of drug-likeness (QED) is 0.0730. The van der Waals surface area contributed by atoms with Crippen LogP contribution in [0, 0.1) is 0 Å². The number of methoxy groups -OCH3 is 4. The van der Waals surface area contributed by atoms with E-state index in [1.54, 1.807) is 89.1 Å². The van der Waals surface area contributed by atoms with Gasteiger partial charge in [0.1, 0.15) is 34.5 Å². The van der Waals surface area contributed by atoms with E-state index in [4.69, 9.17) is 47.4 Å². The number of hydrogen-bond donors (Lipinski definition) is 0. The molecule has 0 aliphatic carbocycles. The molecule has 0 fully saturated rings. The summed E-state index contributed by atoms with van der Waals surface area (Å²) < 4.78 is 134. The highest BCUT2D eigenvalue weighted by molar-refractivity contribution is 7.81. The molecule has 0 radical (unpaired) electrons. The van der Waals surface area contributed by atoms with E-state index in [2.05, 4.69) is 215 Å². The first-order valence-electron chi connectivity index (χ1n) is 34.8. The molecule has 0 amide bonds. The largest absolute Gasteiger partial charge is 0.586 e. The van der Waals surface area contributed by atoms with Crippen LogP contribution in [0.5, 0.6) is 69.0 Å². The van der Waals surface area contributed by atoms with Crippen LogP contribution in [0.2, 0.25) is 0 Å².